The van der Waals surface area contributed by atoms with Gasteiger partial charge < -0.3 is 4.90 Å². The quantitative estimate of drug-likeness (QED) is 0.714. The molecule has 1 saturated heterocycles. The number of carbonyl (C=O) groups is 1. The van der Waals surface area contributed by atoms with Crippen LogP contribution in [0, 0.1) is 17.2 Å². The van der Waals surface area contributed by atoms with Crippen LogP contribution in [-0.4, -0.2) is 12.5 Å². The zero-order valence-electron chi connectivity index (χ0n) is 8.14. The molecule has 1 amide bonds. The summed E-state index contributed by atoms with van der Waals surface area (Å²) in [6, 6.07) is 3.84. The molecule has 0 N–H and O–H groups in total. The molecule has 1 aliphatic rings. The van der Waals surface area contributed by atoms with Crippen molar-refractivity contribution in [1.82, 2.24) is 0 Å². The van der Waals surface area contributed by atoms with E-state index in [1.54, 1.807) is 17.0 Å². The van der Waals surface area contributed by atoms with Gasteiger partial charge in [-0.2, -0.15) is 5.26 Å². The molecule has 15 heavy (non-hydrogen) atoms. The first-order chi connectivity index (χ1) is 7.26. The Balaban J connectivity index is 2.29. The summed E-state index contributed by atoms with van der Waals surface area (Å²) < 4.78 is 0. The minimum atomic E-state index is 0.0823. The Morgan fingerprint density at radius 3 is 3.13 bits per heavy atom. The summed E-state index contributed by atoms with van der Waals surface area (Å²) >= 11 is 1.44. The molecule has 1 unspecified atom stereocenters. The molecule has 3 nitrogen and oxygen atoms in total. The van der Waals surface area contributed by atoms with E-state index >= 15 is 0 Å². The van der Waals surface area contributed by atoms with Crippen LogP contribution in [0.5, 0.6) is 0 Å². The first-order valence-corrected chi connectivity index (χ1v) is 5.54. The molecule has 0 radical (unpaired) electrons. The van der Waals surface area contributed by atoms with E-state index < -0.39 is 0 Å². The number of nitriles is 1. The number of hydrogen-bond donors (Lipinski definition) is 0. The van der Waals surface area contributed by atoms with Gasteiger partial charge in [0.1, 0.15) is 11.1 Å². The van der Waals surface area contributed by atoms with Crippen LogP contribution in [0.3, 0.4) is 0 Å². The highest BCUT2D eigenvalue weighted by molar-refractivity contribution is 7.14. The predicted octanol–water partition coefficient (Wildman–Crippen LogP) is 2.16. The normalized spacial score (nSPS) is 20.3. The lowest BCUT2D eigenvalue weighted by molar-refractivity contribution is -0.117. The Labute approximate surface area is 92.2 Å². The van der Waals surface area contributed by atoms with E-state index in [0.717, 1.165) is 5.00 Å². The lowest BCUT2D eigenvalue weighted by Gasteiger charge is -2.13. The van der Waals surface area contributed by atoms with Gasteiger partial charge in [0.2, 0.25) is 5.91 Å². The molecule has 0 spiro atoms. The number of thiophene rings is 1. The van der Waals surface area contributed by atoms with Crippen molar-refractivity contribution in [3.8, 4) is 6.07 Å². The van der Waals surface area contributed by atoms with Crippen LogP contribution in [0.2, 0.25) is 0 Å². The number of anilines is 1. The Hall–Kier alpha value is -1.60. The molecular weight excluding hydrogens is 208 g/mol. The zero-order valence-corrected chi connectivity index (χ0v) is 8.96. The van der Waals surface area contributed by atoms with Crippen molar-refractivity contribution in [1.29, 1.82) is 5.26 Å². The molecule has 2 rings (SSSR count). The van der Waals surface area contributed by atoms with E-state index in [1.807, 2.05) is 5.38 Å². The summed E-state index contributed by atoms with van der Waals surface area (Å²) in [6.45, 7) is 4.35. The van der Waals surface area contributed by atoms with Crippen LogP contribution in [0.1, 0.15) is 12.0 Å². The first-order valence-electron chi connectivity index (χ1n) is 4.66. The van der Waals surface area contributed by atoms with Crippen molar-refractivity contribution in [3.63, 3.8) is 0 Å². The maximum absolute atomic E-state index is 11.7. The molecule has 1 aromatic heterocycles. The summed E-state index contributed by atoms with van der Waals surface area (Å²) in [4.78, 5) is 13.4. The maximum atomic E-state index is 11.7. The highest BCUT2D eigenvalue weighted by Crippen LogP contribution is 2.32. The van der Waals surface area contributed by atoms with Gasteiger partial charge in [0.25, 0.3) is 0 Å². The van der Waals surface area contributed by atoms with Gasteiger partial charge in [-0.05, 0) is 11.4 Å². The van der Waals surface area contributed by atoms with Gasteiger partial charge in [-0.25, -0.2) is 0 Å². The van der Waals surface area contributed by atoms with Crippen molar-refractivity contribution in [3.05, 3.63) is 29.7 Å². The second-order valence-corrected chi connectivity index (χ2v) is 4.35. The van der Waals surface area contributed by atoms with E-state index in [0.29, 0.717) is 18.5 Å². The summed E-state index contributed by atoms with van der Waals surface area (Å²) in [6.07, 6.45) is 2.31. The van der Waals surface area contributed by atoms with E-state index in [1.165, 1.54) is 11.3 Å². The van der Waals surface area contributed by atoms with E-state index in [-0.39, 0.29) is 11.8 Å². The average molecular weight is 218 g/mol. The molecule has 1 aromatic rings. The van der Waals surface area contributed by atoms with Crippen molar-refractivity contribution < 1.29 is 4.79 Å². The highest BCUT2D eigenvalue weighted by atomic mass is 32.1. The van der Waals surface area contributed by atoms with Gasteiger partial charge in [-0.3, -0.25) is 4.79 Å². The molecule has 1 fully saturated rings. The van der Waals surface area contributed by atoms with Gasteiger partial charge in [0.05, 0.1) is 5.56 Å². The molecule has 1 atom stereocenters. The van der Waals surface area contributed by atoms with E-state index in [2.05, 4.69) is 12.6 Å². The Morgan fingerprint density at radius 1 is 1.73 bits per heavy atom. The molecule has 1 aliphatic heterocycles. The SMILES string of the molecule is C=CC1CC(=O)N(c2sccc2C#N)C1. The van der Waals surface area contributed by atoms with Crippen molar-refractivity contribution in [2.75, 3.05) is 11.4 Å². The smallest absolute Gasteiger partial charge is 0.228 e. The molecule has 0 aromatic carbocycles. The minimum absolute atomic E-state index is 0.0823. The number of carbonyl (C=O) groups excluding carboxylic acids is 1. The Kier molecular flexibility index (Phi) is 2.57. The molecule has 4 heteroatoms. The van der Waals surface area contributed by atoms with Gasteiger partial charge in [-0.1, -0.05) is 6.08 Å². The lowest BCUT2D eigenvalue weighted by atomic mass is 10.1. The largest absolute Gasteiger partial charge is 0.302 e. The van der Waals surface area contributed by atoms with Gasteiger partial charge in [0, 0.05) is 18.9 Å². The minimum Gasteiger partial charge on any atom is -0.302 e. The number of hydrogen-bond acceptors (Lipinski definition) is 3. The Morgan fingerprint density at radius 2 is 2.53 bits per heavy atom. The van der Waals surface area contributed by atoms with Crippen LogP contribution < -0.4 is 4.90 Å². The van der Waals surface area contributed by atoms with Crippen LogP contribution in [0.4, 0.5) is 5.00 Å². The number of nitrogens with zero attached hydrogens (tertiary/aromatic N) is 2. The van der Waals surface area contributed by atoms with E-state index in [4.69, 9.17) is 5.26 Å². The molecule has 76 valence electrons. The van der Waals surface area contributed by atoms with Crippen LogP contribution in [-0.2, 0) is 4.79 Å². The average Bonchev–Trinajstić information content (AvgIpc) is 2.82. The third kappa shape index (κ3) is 1.66. The third-order valence-electron chi connectivity index (χ3n) is 2.50. The van der Waals surface area contributed by atoms with Gasteiger partial charge >= 0.3 is 0 Å². The van der Waals surface area contributed by atoms with Crippen molar-refractivity contribution >= 4 is 22.2 Å². The van der Waals surface area contributed by atoms with E-state index in [9.17, 15) is 4.79 Å². The highest BCUT2D eigenvalue weighted by Gasteiger charge is 2.30. The fraction of sp³-hybridized carbons (Fsp3) is 0.273. The predicted molar refractivity (Wildman–Crippen MR) is 59.7 cm³/mol. The van der Waals surface area contributed by atoms with Crippen molar-refractivity contribution in [2.24, 2.45) is 5.92 Å². The van der Waals surface area contributed by atoms with Crippen molar-refractivity contribution in [2.45, 2.75) is 6.42 Å². The summed E-state index contributed by atoms with van der Waals surface area (Å²) in [5, 5.41) is 11.5. The number of amides is 1. The molecule has 0 aliphatic carbocycles. The second kappa shape index (κ2) is 3.87. The molecule has 0 saturated carbocycles. The second-order valence-electron chi connectivity index (χ2n) is 3.46. The lowest BCUT2D eigenvalue weighted by Crippen LogP contribution is -2.23. The summed E-state index contributed by atoms with van der Waals surface area (Å²) in [5.74, 6) is 0.296. The van der Waals surface area contributed by atoms with Crippen LogP contribution in [0.25, 0.3) is 0 Å². The summed E-state index contributed by atoms with van der Waals surface area (Å²) in [7, 11) is 0. The third-order valence-corrected chi connectivity index (χ3v) is 3.43. The van der Waals surface area contributed by atoms with Crippen LogP contribution in [0.15, 0.2) is 24.1 Å². The molecular formula is C11H10N2OS. The van der Waals surface area contributed by atoms with Gasteiger partial charge in [0.15, 0.2) is 0 Å². The molecule has 2 heterocycles. The monoisotopic (exact) mass is 218 g/mol. The topological polar surface area (TPSA) is 44.1 Å². The van der Waals surface area contributed by atoms with Gasteiger partial charge in [-0.15, -0.1) is 17.9 Å². The fourth-order valence-electron chi connectivity index (χ4n) is 1.68. The maximum Gasteiger partial charge on any atom is 0.228 e. The fourth-order valence-corrected chi connectivity index (χ4v) is 2.56. The zero-order chi connectivity index (χ0) is 10.8. The summed E-state index contributed by atoms with van der Waals surface area (Å²) in [5.41, 5.74) is 0.582. The number of rotatable bonds is 2. The standard InChI is InChI=1S/C11H10N2OS/c1-2-8-5-10(14)13(7-8)11-9(6-12)3-4-15-11/h2-4,8H,1,5,7H2. The Bertz CT molecular complexity index is 444. The first kappa shape index (κ1) is 9.94. The van der Waals surface area contributed by atoms with Crippen LogP contribution >= 0.6 is 11.3 Å². The molecule has 0 bridgehead atoms.